The Bertz CT molecular complexity index is 661. The number of hydrogen-bond donors (Lipinski definition) is 0. The molecule has 0 unspecified atom stereocenters. The summed E-state index contributed by atoms with van der Waals surface area (Å²) in [6.07, 6.45) is 0. The first-order chi connectivity index (χ1) is 9.80. The highest BCUT2D eigenvalue weighted by Gasteiger charge is 2.22. The largest absolute Gasteiger partial charge is 0.305 e. The Kier molecular flexibility index (Phi) is 4.46. The van der Waals surface area contributed by atoms with Crippen LogP contribution in [0.5, 0.6) is 0 Å². The molecule has 0 aliphatic heterocycles. The summed E-state index contributed by atoms with van der Waals surface area (Å²) in [6, 6.07) is 6.43. The van der Waals surface area contributed by atoms with Crippen LogP contribution < -0.4 is 0 Å². The lowest BCUT2D eigenvalue weighted by Gasteiger charge is -2.15. The fourth-order valence-electron chi connectivity index (χ4n) is 1.66. The Hall–Kier alpha value is -1.69. The van der Waals surface area contributed by atoms with E-state index in [0.29, 0.717) is 22.3 Å². The number of benzene rings is 1. The summed E-state index contributed by atoms with van der Waals surface area (Å²) in [5, 5.41) is 8.67. The van der Waals surface area contributed by atoms with E-state index in [-0.39, 0.29) is 17.0 Å². The van der Waals surface area contributed by atoms with Gasteiger partial charge in [0.1, 0.15) is 11.6 Å². The van der Waals surface area contributed by atoms with Crippen molar-refractivity contribution in [2.24, 2.45) is 12.5 Å². The van der Waals surface area contributed by atoms with E-state index in [2.05, 4.69) is 10.2 Å². The van der Waals surface area contributed by atoms with Crippen LogP contribution in [-0.2, 0) is 11.8 Å². The second kappa shape index (κ2) is 5.97. The van der Waals surface area contributed by atoms with Crippen molar-refractivity contribution in [2.75, 3.05) is 5.75 Å². The molecule has 0 atom stereocenters. The molecule has 0 fully saturated rings. The van der Waals surface area contributed by atoms with E-state index in [9.17, 15) is 9.18 Å². The molecular formula is C15H18FN3OS. The predicted octanol–water partition coefficient (Wildman–Crippen LogP) is 3.33. The van der Waals surface area contributed by atoms with E-state index in [1.807, 2.05) is 20.8 Å². The Labute approximate surface area is 127 Å². The van der Waals surface area contributed by atoms with Gasteiger partial charge in [0.25, 0.3) is 0 Å². The number of ketones is 1. The molecule has 0 amide bonds. The fraction of sp³-hybridized carbons (Fsp3) is 0.400. The van der Waals surface area contributed by atoms with Crippen LogP contribution in [0.25, 0.3) is 11.4 Å². The summed E-state index contributed by atoms with van der Waals surface area (Å²) < 4.78 is 15.5. The summed E-state index contributed by atoms with van der Waals surface area (Å²) in [5.41, 5.74) is 0.0291. The van der Waals surface area contributed by atoms with Crippen molar-refractivity contribution in [3.8, 4) is 11.4 Å². The molecule has 2 rings (SSSR count). The number of carbonyl (C=O) groups is 1. The van der Waals surface area contributed by atoms with Crippen molar-refractivity contribution in [1.29, 1.82) is 0 Å². The van der Waals surface area contributed by atoms with Gasteiger partial charge in [0.15, 0.2) is 11.0 Å². The Morgan fingerprint density at radius 2 is 1.95 bits per heavy atom. The fourth-order valence-corrected chi connectivity index (χ4v) is 2.74. The van der Waals surface area contributed by atoms with Crippen molar-refractivity contribution < 1.29 is 9.18 Å². The van der Waals surface area contributed by atoms with Crippen LogP contribution in [0.3, 0.4) is 0 Å². The van der Waals surface area contributed by atoms with Crippen molar-refractivity contribution in [3.05, 3.63) is 30.1 Å². The van der Waals surface area contributed by atoms with Crippen LogP contribution in [0.4, 0.5) is 4.39 Å². The zero-order chi connectivity index (χ0) is 15.6. The van der Waals surface area contributed by atoms with Gasteiger partial charge in [0, 0.05) is 12.5 Å². The quantitative estimate of drug-likeness (QED) is 0.813. The lowest BCUT2D eigenvalue weighted by atomic mass is 9.92. The highest BCUT2D eigenvalue weighted by atomic mass is 32.2. The molecule has 4 nitrogen and oxygen atoms in total. The molecule has 1 aromatic carbocycles. The van der Waals surface area contributed by atoms with Gasteiger partial charge in [-0.05, 0) is 12.1 Å². The predicted molar refractivity (Wildman–Crippen MR) is 81.6 cm³/mol. The molecule has 0 bridgehead atoms. The van der Waals surface area contributed by atoms with E-state index in [4.69, 9.17) is 0 Å². The molecular weight excluding hydrogens is 289 g/mol. The Balaban J connectivity index is 2.19. The van der Waals surface area contributed by atoms with Crippen LogP contribution in [-0.4, -0.2) is 26.3 Å². The van der Waals surface area contributed by atoms with Gasteiger partial charge in [0.2, 0.25) is 0 Å². The smallest absolute Gasteiger partial charge is 0.191 e. The maximum atomic E-state index is 13.8. The van der Waals surface area contributed by atoms with Gasteiger partial charge in [-0.2, -0.15) is 0 Å². The summed E-state index contributed by atoms with van der Waals surface area (Å²) in [7, 11) is 1.77. The maximum Gasteiger partial charge on any atom is 0.191 e. The minimum Gasteiger partial charge on any atom is -0.305 e. The number of rotatable bonds is 4. The normalized spacial score (nSPS) is 11.7. The average Bonchev–Trinajstić information content (AvgIpc) is 2.77. The highest BCUT2D eigenvalue weighted by Crippen LogP contribution is 2.26. The lowest BCUT2D eigenvalue weighted by molar-refractivity contribution is -0.123. The van der Waals surface area contributed by atoms with Crippen molar-refractivity contribution in [3.63, 3.8) is 0 Å². The number of nitrogens with zero attached hydrogens (tertiary/aromatic N) is 3. The van der Waals surface area contributed by atoms with E-state index in [1.54, 1.807) is 29.8 Å². The summed E-state index contributed by atoms with van der Waals surface area (Å²) >= 11 is 1.32. The maximum absolute atomic E-state index is 13.8. The third kappa shape index (κ3) is 3.50. The molecule has 0 aliphatic carbocycles. The van der Waals surface area contributed by atoms with Crippen molar-refractivity contribution >= 4 is 17.5 Å². The van der Waals surface area contributed by atoms with Gasteiger partial charge in [-0.3, -0.25) is 4.79 Å². The van der Waals surface area contributed by atoms with E-state index >= 15 is 0 Å². The minimum absolute atomic E-state index is 0.142. The van der Waals surface area contributed by atoms with Crippen LogP contribution >= 0.6 is 11.8 Å². The molecule has 0 spiro atoms. The zero-order valence-electron chi connectivity index (χ0n) is 12.6. The first-order valence-corrected chi connectivity index (χ1v) is 7.59. The second-order valence-electron chi connectivity index (χ2n) is 5.81. The van der Waals surface area contributed by atoms with Gasteiger partial charge in [0.05, 0.1) is 11.3 Å². The number of Topliss-reactive ketones (excluding diaryl/α,β-unsaturated/α-hetero) is 1. The van der Waals surface area contributed by atoms with Crippen LogP contribution in [0.15, 0.2) is 29.4 Å². The van der Waals surface area contributed by atoms with Crippen LogP contribution in [0.1, 0.15) is 20.8 Å². The molecule has 0 N–H and O–H groups in total. The first kappa shape index (κ1) is 15.7. The Morgan fingerprint density at radius 3 is 2.57 bits per heavy atom. The second-order valence-corrected chi connectivity index (χ2v) is 6.75. The molecule has 0 saturated carbocycles. The SMILES string of the molecule is Cn1c(SCC(=O)C(C)(C)C)nnc1-c1ccccc1F. The topological polar surface area (TPSA) is 47.8 Å². The van der Waals surface area contributed by atoms with Gasteiger partial charge >= 0.3 is 0 Å². The van der Waals surface area contributed by atoms with Crippen LogP contribution in [0, 0.1) is 11.2 Å². The number of halogens is 1. The molecule has 2 aromatic rings. The molecule has 1 aromatic heterocycles. The summed E-state index contributed by atoms with van der Waals surface area (Å²) in [4.78, 5) is 11.9. The number of thioether (sulfide) groups is 1. The number of aromatic nitrogens is 3. The molecule has 0 saturated heterocycles. The molecule has 21 heavy (non-hydrogen) atoms. The highest BCUT2D eigenvalue weighted by molar-refractivity contribution is 7.99. The van der Waals surface area contributed by atoms with E-state index < -0.39 is 0 Å². The van der Waals surface area contributed by atoms with Gasteiger partial charge in [-0.25, -0.2) is 4.39 Å². The monoisotopic (exact) mass is 307 g/mol. The lowest BCUT2D eigenvalue weighted by Crippen LogP contribution is -2.22. The molecule has 112 valence electrons. The third-order valence-corrected chi connectivity index (χ3v) is 4.14. The Morgan fingerprint density at radius 1 is 1.29 bits per heavy atom. The number of hydrogen-bond acceptors (Lipinski definition) is 4. The van der Waals surface area contributed by atoms with E-state index in [0.717, 1.165) is 0 Å². The summed E-state index contributed by atoms with van der Waals surface area (Å²) in [5.74, 6) is 0.587. The summed E-state index contributed by atoms with van der Waals surface area (Å²) in [6.45, 7) is 5.66. The molecule has 0 radical (unpaired) electrons. The van der Waals surface area contributed by atoms with Gasteiger partial charge < -0.3 is 4.57 Å². The van der Waals surface area contributed by atoms with Gasteiger partial charge in [-0.15, -0.1) is 10.2 Å². The minimum atomic E-state index is -0.375. The molecule has 6 heteroatoms. The first-order valence-electron chi connectivity index (χ1n) is 6.61. The molecule has 0 aliphatic rings. The third-order valence-electron chi connectivity index (χ3n) is 3.12. The number of carbonyl (C=O) groups excluding carboxylic acids is 1. The van der Waals surface area contributed by atoms with E-state index in [1.165, 1.54) is 17.8 Å². The average molecular weight is 307 g/mol. The zero-order valence-corrected chi connectivity index (χ0v) is 13.4. The van der Waals surface area contributed by atoms with Gasteiger partial charge in [-0.1, -0.05) is 44.7 Å². The molecule has 1 heterocycles. The van der Waals surface area contributed by atoms with Crippen molar-refractivity contribution in [2.45, 2.75) is 25.9 Å². The standard InChI is InChI=1S/C15H18FN3OS/c1-15(2,3)12(20)9-21-14-18-17-13(19(14)4)10-7-5-6-8-11(10)16/h5-8H,9H2,1-4H3. The van der Waals surface area contributed by atoms with Crippen molar-refractivity contribution in [1.82, 2.24) is 14.8 Å². The van der Waals surface area contributed by atoms with Crippen LogP contribution in [0.2, 0.25) is 0 Å².